The summed E-state index contributed by atoms with van der Waals surface area (Å²) in [6.07, 6.45) is 5.00. The number of nitrogens with zero attached hydrogens (tertiary/aromatic N) is 3. The Balaban J connectivity index is 1.36. The second-order valence-electron chi connectivity index (χ2n) is 8.27. The molecule has 0 aliphatic carbocycles. The third-order valence-corrected chi connectivity index (χ3v) is 7.50. The molecule has 0 bridgehead atoms. The molecule has 164 valence electrons. The molecule has 2 fully saturated rings. The van der Waals surface area contributed by atoms with Crippen LogP contribution in [0.25, 0.3) is 15.9 Å². The highest BCUT2D eigenvalue weighted by Gasteiger charge is 2.28. The van der Waals surface area contributed by atoms with E-state index in [4.69, 9.17) is 9.47 Å². The molecular weight excluding hydrogens is 417 g/mol. The van der Waals surface area contributed by atoms with E-state index in [1.165, 1.54) is 41.1 Å². The van der Waals surface area contributed by atoms with Gasteiger partial charge in [-0.3, -0.25) is 14.3 Å². The summed E-state index contributed by atoms with van der Waals surface area (Å²) < 4.78 is 27.9. The van der Waals surface area contributed by atoms with Crippen molar-refractivity contribution in [1.82, 2.24) is 14.5 Å². The minimum absolute atomic E-state index is 0.141. The van der Waals surface area contributed by atoms with E-state index in [0.717, 1.165) is 37.5 Å². The van der Waals surface area contributed by atoms with Crippen molar-refractivity contribution in [3.63, 3.8) is 0 Å². The van der Waals surface area contributed by atoms with Gasteiger partial charge in [0.1, 0.15) is 17.6 Å². The summed E-state index contributed by atoms with van der Waals surface area (Å²) in [5.74, 6) is 0.0230. The zero-order valence-electron chi connectivity index (χ0n) is 17.6. The largest absolute Gasteiger partial charge is 0.489 e. The fourth-order valence-corrected chi connectivity index (χ4v) is 5.72. The molecule has 2 unspecified atom stereocenters. The monoisotopic (exact) mass is 443 g/mol. The van der Waals surface area contributed by atoms with Gasteiger partial charge in [-0.05, 0) is 57.5 Å². The molecule has 3 aromatic rings. The average molecular weight is 444 g/mol. The molecule has 31 heavy (non-hydrogen) atoms. The normalized spacial score (nSPS) is 21.9. The van der Waals surface area contributed by atoms with Crippen molar-refractivity contribution in [1.29, 1.82) is 0 Å². The Labute approximate surface area is 184 Å². The molecule has 0 radical (unpaired) electrons. The number of ether oxygens (including phenoxy) is 2. The van der Waals surface area contributed by atoms with E-state index < -0.39 is 5.82 Å². The zero-order chi connectivity index (χ0) is 21.4. The standard InChI is InChI=1S/C23H26FN3O3S/c1-15-17(6-10-29-15)21-13-19-22(31-21)23(28)27(14-25-19)16-4-5-20(18(24)12-16)30-11-9-26-7-2-3-8-26/h4-5,12-15,17H,2-3,6-11H2,1H3. The van der Waals surface area contributed by atoms with Crippen LogP contribution in [-0.2, 0) is 4.74 Å². The van der Waals surface area contributed by atoms with Crippen molar-refractivity contribution < 1.29 is 13.9 Å². The number of aromatic nitrogens is 2. The maximum atomic E-state index is 14.6. The molecule has 2 aliphatic heterocycles. The lowest BCUT2D eigenvalue weighted by atomic mass is 10.0. The van der Waals surface area contributed by atoms with Crippen LogP contribution in [0.2, 0.25) is 0 Å². The Hall–Kier alpha value is -2.29. The molecule has 1 aromatic carbocycles. The second kappa shape index (κ2) is 8.68. The van der Waals surface area contributed by atoms with E-state index in [2.05, 4.69) is 16.8 Å². The van der Waals surface area contributed by atoms with Gasteiger partial charge in [0.25, 0.3) is 5.56 Å². The van der Waals surface area contributed by atoms with Crippen molar-refractivity contribution >= 4 is 21.6 Å². The molecule has 4 heterocycles. The van der Waals surface area contributed by atoms with Gasteiger partial charge < -0.3 is 9.47 Å². The predicted molar refractivity (Wildman–Crippen MR) is 119 cm³/mol. The van der Waals surface area contributed by atoms with E-state index in [9.17, 15) is 9.18 Å². The summed E-state index contributed by atoms with van der Waals surface area (Å²) >= 11 is 1.47. The third kappa shape index (κ3) is 4.12. The number of hydrogen-bond acceptors (Lipinski definition) is 6. The highest BCUT2D eigenvalue weighted by Crippen LogP contribution is 2.36. The molecule has 5 rings (SSSR count). The SMILES string of the molecule is CC1OCCC1c1cc2ncn(-c3ccc(OCCN4CCCC4)c(F)c3)c(=O)c2s1. The summed E-state index contributed by atoms with van der Waals surface area (Å²) in [4.78, 5) is 21.0. The number of thiophene rings is 1. The number of benzene rings is 1. The Kier molecular flexibility index (Phi) is 5.77. The molecule has 2 aliphatic rings. The molecule has 2 aromatic heterocycles. The summed E-state index contributed by atoms with van der Waals surface area (Å²) in [5.41, 5.74) is 0.939. The zero-order valence-corrected chi connectivity index (χ0v) is 18.4. The summed E-state index contributed by atoms with van der Waals surface area (Å²) in [5, 5.41) is 0. The quantitative estimate of drug-likeness (QED) is 0.577. The number of rotatable bonds is 6. The second-order valence-corrected chi connectivity index (χ2v) is 9.35. The van der Waals surface area contributed by atoms with Crippen LogP contribution in [0.3, 0.4) is 0 Å². The van der Waals surface area contributed by atoms with Gasteiger partial charge in [0.05, 0.1) is 17.3 Å². The smallest absolute Gasteiger partial charge is 0.275 e. The van der Waals surface area contributed by atoms with Crippen LogP contribution < -0.4 is 10.3 Å². The van der Waals surface area contributed by atoms with Crippen molar-refractivity contribution in [3.8, 4) is 11.4 Å². The highest BCUT2D eigenvalue weighted by atomic mass is 32.1. The van der Waals surface area contributed by atoms with Gasteiger partial charge in [-0.1, -0.05) is 0 Å². The van der Waals surface area contributed by atoms with Gasteiger partial charge in [0.2, 0.25) is 0 Å². The molecule has 0 N–H and O–H groups in total. The number of hydrogen-bond donors (Lipinski definition) is 0. The first-order chi connectivity index (χ1) is 15.1. The molecule has 8 heteroatoms. The minimum atomic E-state index is -0.477. The first kappa shape index (κ1) is 20.6. The Morgan fingerprint density at radius 3 is 2.87 bits per heavy atom. The molecule has 2 saturated heterocycles. The van der Waals surface area contributed by atoms with Crippen LogP contribution >= 0.6 is 11.3 Å². The number of fused-ring (bicyclic) bond motifs is 1. The van der Waals surface area contributed by atoms with Crippen LogP contribution in [-0.4, -0.2) is 53.4 Å². The molecule has 0 saturated carbocycles. The molecule has 0 amide bonds. The highest BCUT2D eigenvalue weighted by molar-refractivity contribution is 7.19. The van der Waals surface area contributed by atoms with Crippen LogP contribution in [0.15, 0.2) is 35.4 Å². The van der Waals surface area contributed by atoms with Crippen molar-refractivity contribution in [3.05, 3.63) is 51.6 Å². The lowest BCUT2D eigenvalue weighted by Crippen LogP contribution is -2.25. The molecule has 2 atom stereocenters. The fourth-order valence-electron chi connectivity index (χ4n) is 4.45. The Bertz CT molecular complexity index is 1140. The minimum Gasteiger partial charge on any atom is -0.489 e. The van der Waals surface area contributed by atoms with Gasteiger partial charge >= 0.3 is 0 Å². The van der Waals surface area contributed by atoms with Gasteiger partial charge in [-0.15, -0.1) is 11.3 Å². The maximum Gasteiger partial charge on any atom is 0.275 e. The van der Waals surface area contributed by atoms with E-state index in [1.807, 2.05) is 6.07 Å². The molecule has 6 nitrogen and oxygen atoms in total. The summed E-state index contributed by atoms with van der Waals surface area (Å²) in [6, 6.07) is 6.61. The van der Waals surface area contributed by atoms with Gasteiger partial charge in [0, 0.05) is 30.0 Å². The van der Waals surface area contributed by atoms with Crippen LogP contribution in [0.5, 0.6) is 5.75 Å². The number of halogens is 1. The lowest BCUT2D eigenvalue weighted by molar-refractivity contribution is 0.119. The van der Waals surface area contributed by atoms with E-state index in [-0.39, 0.29) is 17.4 Å². The topological polar surface area (TPSA) is 56.6 Å². The van der Waals surface area contributed by atoms with Gasteiger partial charge in [0.15, 0.2) is 11.6 Å². The Morgan fingerprint density at radius 2 is 2.13 bits per heavy atom. The summed E-state index contributed by atoms with van der Waals surface area (Å²) in [6.45, 7) is 6.22. The van der Waals surface area contributed by atoms with Crippen molar-refractivity contribution in [2.24, 2.45) is 0 Å². The van der Waals surface area contributed by atoms with Crippen LogP contribution in [0.1, 0.15) is 37.0 Å². The van der Waals surface area contributed by atoms with Gasteiger partial charge in [-0.25, -0.2) is 9.37 Å². The van der Waals surface area contributed by atoms with Gasteiger partial charge in [-0.2, -0.15) is 0 Å². The lowest BCUT2D eigenvalue weighted by Gasteiger charge is -2.15. The van der Waals surface area contributed by atoms with E-state index >= 15 is 0 Å². The maximum absolute atomic E-state index is 14.6. The van der Waals surface area contributed by atoms with Crippen LogP contribution in [0, 0.1) is 5.82 Å². The van der Waals surface area contributed by atoms with Crippen molar-refractivity contribution in [2.45, 2.75) is 38.2 Å². The summed E-state index contributed by atoms with van der Waals surface area (Å²) in [7, 11) is 0. The van der Waals surface area contributed by atoms with E-state index in [0.29, 0.717) is 28.4 Å². The van der Waals surface area contributed by atoms with Crippen molar-refractivity contribution in [2.75, 3.05) is 32.8 Å². The Morgan fingerprint density at radius 1 is 1.29 bits per heavy atom. The van der Waals surface area contributed by atoms with Crippen LogP contribution in [0.4, 0.5) is 4.39 Å². The average Bonchev–Trinajstić information content (AvgIpc) is 3.50. The first-order valence-electron chi connectivity index (χ1n) is 10.9. The number of likely N-dealkylation sites (tertiary alicyclic amines) is 1. The third-order valence-electron chi connectivity index (χ3n) is 6.26. The predicted octanol–water partition coefficient (Wildman–Crippen LogP) is 3.95. The molecular formula is C23H26FN3O3S. The fraction of sp³-hybridized carbons (Fsp3) is 0.478. The van der Waals surface area contributed by atoms with E-state index in [1.54, 1.807) is 12.1 Å². The molecule has 0 spiro atoms. The first-order valence-corrected chi connectivity index (χ1v) is 11.7.